The minimum absolute atomic E-state index is 0.0754. The Bertz CT molecular complexity index is 326. The van der Waals surface area contributed by atoms with E-state index in [1.807, 2.05) is 0 Å². The molecule has 0 bridgehead atoms. The molecule has 0 heterocycles. The Morgan fingerprint density at radius 2 is 1.82 bits per heavy atom. The minimum atomic E-state index is -0.985. The van der Waals surface area contributed by atoms with Gasteiger partial charge in [0.15, 0.2) is 11.6 Å². The summed E-state index contributed by atoms with van der Waals surface area (Å²) in [5.74, 6) is 0.167. The SMILES string of the molecule is C#Cc1cc(F)c(F)cc1N. The van der Waals surface area contributed by atoms with Crippen LogP contribution in [0.5, 0.6) is 0 Å². The van der Waals surface area contributed by atoms with Crippen molar-refractivity contribution in [2.24, 2.45) is 0 Å². The highest BCUT2D eigenvalue weighted by atomic mass is 19.2. The van der Waals surface area contributed by atoms with Gasteiger partial charge in [0.05, 0.1) is 11.3 Å². The van der Waals surface area contributed by atoms with Gasteiger partial charge in [0.2, 0.25) is 0 Å². The fraction of sp³-hybridized carbons (Fsp3) is 0. The zero-order valence-corrected chi connectivity index (χ0v) is 5.57. The van der Waals surface area contributed by atoms with Crippen molar-refractivity contribution in [2.75, 3.05) is 5.73 Å². The van der Waals surface area contributed by atoms with Gasteiger partial charge in [-0.05, 0) is 6.07 Å². The van der Waals surface area contributed by atoms with Crippen molar-refractivity contribution in [1.29, 1.82) is 0 Å². The molecule has 0 saturated heterocycles. The standard InChI is InChI=1S/C8H5F2N/c1-2-5-3-6(9)7(10)4-8(5)11/h1,3-4H,11H2. The summed E-state index contributed by atoms with van der Waals surface area (Å²) in [7, 11) is 0. The van der Waals surface area contributed by atoms with E-state index in [0.717, 1.165) is 12.1 Å². The Hall–Kier alpha value is -1.56. The number of nitrogen functional groups attached to an aromatic ring is 1. The number of halogens is 2. The number of rotatable bonds is 0. The number of terminal acetylenes is 1. The van der Waals surface area contributed by atoms with Crippen molar-refractivity contribution in [3.63, 3.8) is 0 Å². The van der Waals surface area contributed by atoms with Crippen LogP contribution in [0.3, 0.4) is 0 Å². The number of benzene rings is 1. The number of nitrogens with two attached hydrogens (primary N) is 1. The second-order valence-corrected chi connectivity index (χ2v) is 2.00. The molecule has 3 heteroatoms. The molecule has 56 valence electrons. The molecule has 0 fully saturated rings. The molecule has 0 aliphatic heterocycles. The largest absolute Gasteiger partial charge is 0.398 e. The van der Waals surface area contributed by atoms with Gasteiger partial charge in [0.25, 0.3) is 0 Å². The molecule has 1 rings (SSSR count). The lowest BCUT2D eigenvalue weighted by Gasteiger charge is -1.98. The van der Waals surface area contributed by atoms with Gasteiger partial charge in [-0.15, -0.1) is 6.42 Å². The molecule has 0 radical (unpaired) electrons. The lowest BCUT2D eigenvalue weighted by Crippen LogP contribution is -1.94. The molecule has 11 heavy (non-hydrogen) atoms. The Kier molecular flexibility index (Phi) is 1.77. The number of hydrogen-bond donors (Lipinski definition) is 1. The summed E-state index contributed by atoms with van der Waals surface area (Å²) in [4.78, 5) is 0. The fourth-order valence-corrected chi connectivity index (χ4v) is 0.687. The topological polar surface area (TPSA) is 26.0 Å². The van der Waals surface area contributed by atoms with E-state index in [-0.39, 0.29) is 11.3 Å². The number of hydrogen-bond acceptors (Lipinski definition) is 1. The maximum atomic E-state index is 12.4. The molecule has 1 aromatic carbocycles. The van der Waals surface area contributed by atoms with Crippen molar-refractivity contribution in [3.05, 3.63) is 29.3 Å². The molecule has 1 nitrogen and oxygen atoms in total. The van der Waals surface area contributed by atoms with Crippen LogP contribution in [0, 0.1) is 24.0 Å². The molecule has 2 N–H and O–H groups in total. The van der Waals surface area contributed by atoms with Crippen LogP contribution in [-0.4, -0.2) is 0 Å². The van der Waals surface area contributed by atoms with Crippen LogP contribution >= 0.6 is 0 Å². The number of anilines is 1. The maximum absolute atomic E-state index is 12.4. The molecule has 0 amide bonds. The third-order valence-electron chi connectivity index (χ3n) is 1.25. The summed E-state index contributed by atoms with van der Waals surface area (Å²) in [6, 6.07) is 1.76. The van der Waals surface area contributed by atoms with Crippen LogP contribution in [-0.2, 0) is 0 Å². The Labute approximate surface area is 62.8 Å². The lowest BCUT2D eigenvalue weighted by atomic mass is 10.2. The van der Waals surface area contributed by atoms with E-state index >= 15 is 0 Å². The minimum Gasteiger partial charge on any atom is -0.398 e. The van der Waals surface area contributed by atoms with Crippen LogP contribution in [0.4, 0.5) is 14.5 Å². The van der Waals surface area contributed by atoms with Gasteiger partial charge in [0.1, 0.15) is 0 Å². The molecule has 0 atom stereocenters. The van der Waals surface area contributed by atoms with Crippen LogP contribution in [0.1, 0.15) is 5.56 Å². The smallest absolute Gasteiger partial charge is 0.160 e. The zero-order chi connectivity index (χ0) is 8.43. The van der Waals surface area contributed by atoms with E-state index in [1.165, 1.54) is 0 Å². The van der Waals surface area contributed by atoms with Crippen LogP contribution in [0.2, 0.25) is 0 Å². The van der Waals surface area contributed by atoms with E-state index in [9.17, 15) is 8.78 Å². The summed E-state index contributed by atoms with van der Waals surface area (Å²) in [6.07, 6.45) is 4.95. The van der Waals surface area contributed by atoms with Gasteiger partial charge in [-0.2, -0.15) is 0 Å². The average Bonchev–Trinajstić information content (AvgIpc) is 1.97. The first-order chi connectivity index (χ1) is 5.15. The Balaban J connectivity index is 3.35. The molecule has 0 aliphatic carbocycles. The Morgan fingerprint density at radius 3 is 2.36 bits per heavy atom. The van der Waals surface area contributed by atoms with E-state index in [0.29, 0.717) is 0 Å². The molecule has 0 aliphatic rings. The quantitative estimate of drug-likeness (QED) is 0.444. The first kappa shape index (κ1) is 7.55. The molecular weight excluding hydrogens is 148 g/mol. The van der Waals surface area contributed by atoms with Crippen molar-refractivity contribution >= 4 is 5.69 Å². The first-order valence-corrected chi connectivity index (χ1v) is 2.86. The lowest BCUT2D eigenvalue weighted by molar-refractivity contribution is 0.509. The van der Waals surface area contributed by atoms with Gasteiger partial charge < -0.3 is 5.73 Å². The van der Waals surface area contributed by atoms with Crippen molar-refractivity contribution in [1.82, 2.24) is 0 Å². The third-order valence-corrected chi connectivity index (χ3v) is 1.25. The van der Waals surface area contributed by atoms with E-state index < -0.39 is 11.6 Å². The second-order valence-electron chi connectivity index (χ2n) is 2.00. The van der Waals surface area contributed by atoms with Gasteiger partial charge in [-0.25, -0.2) is 8.78 Å². The highest BCUT2D eigenvalue weighted by molar-refractivity contribution is 5.55. The predicted octanol–water partition coefficient (Wildman–Crippen LogP) is 1.53. The molecular formula is C8H5F2N. The van der Waals surface area contributed by atoms with Gasteiger partial charge >= 0.3 is 0 Å². The predicted molar refractivity (Wildman–Crippen MR) is 38.7 cm³/mol. The maximum Gasteiger partial charge on any atom is 0.160 e. The fourth-order valence-electron chi connectivity index (χ4n) is 0.687. The highest BCUT2D eigenvalue weighted by Gasteiger charge is 2.04. The first-order valence-electron chi connectivity index (χ1n) is 2.86. The van der Waals surface area contributed by atoms with Crippen LogP contribution in [0.15, 0.2) is 12.1 Å². The van der Waals surface area contributed by atoms with Crippen molar-refractivity contribution < 1.29 is 8.78 Å². The third kappa shape index (κ3) is 1.30. The average molecular weight is 153 g/mol. The van der Waals surface area contributed by atoms with Gasteiger partial charge in [0, 0.05) is 6.07 Å². The van der Waals surface area contributed by atoms with E-state index in [2.05, 4.69) is 5.92 Å². The second kappa shape index (κ2) is 2.59. The van der Waals surface area contributed by atoms with Crippen LogP contribution in [0.25, 0.3) is 0 Å². The van der Waals surface area contributed by atoms with Gasteiger partial charge in [-0.3, -0.25) is 0 Å². The van der Waals surface area contributed by atoms with Crippen molar-refractivity contribution in [2.45, 2.75) is 0 Å². The molecule has 0 aromatic heterocycles. The van der Waals surface area contributed by atoms with E-state index in [4.69, 9.17) is 12.2 Å². The normalized spacial score (nSPS) is 9.18. The summed E-state index contributed by atoms with van der Waals surface area (Å²) in [6.45, 7) is 0. The summed E-state index contributed by atoms with van der Waals surface area (Å²) in [5.41, 5.74) is 5.50. The molecule has 1 aromatic rings. The monoisotopic (exact) mass is 153 g/mol. The highest BCUT2D eigenvalue weighted by Crippen LogP contribution is 2.15. The van der Waals surface area contributed by atoms with Crippen LogP contribution < -0.4 is 5.73 Å². The summed E-state index contributed by atoms with van der Waals surface area (Å²) >= 11 is 0. The van der Waals surface area contributed by atoms with Crippen molar-refractivity contribution in [3.8, 4) is 12.3 Å². The van der Waals surface area contributed by atoms with Gasteiger partial charge in [-0.1, -0.05) is 5.92 Å². The summed E-state index contributed by atoms with van der Waals surface area (Å²) < 4.78 is 24.8. The zero-order valence-electron chi connectivity index (χ0n) is 5.57. The Morgan fingerprint density at radius 1 is 1.27 bits per heavy atom. The molecule has 0 spiro atoms. The van der Waals surface area contributed by atoms with E-state index in [1.54, 1.807) is 0 Å². The molecule has 0 unspecified atom stereocenters. The molecule has 0 saturated carbocycles. The summed E-state index contributed by atoms with van der Waals surface area (Å²) in [5, 5.41) is 0.